The van der Waals surface area contributed by atoms with E-state index >= 15 is 0 Å². The van der Waals surface area contributed by atoms with Gasteiger partial charge in [0.1, 0.15) is 0 Å². The molecule has 0 spiro atoms. The van der Waals surface area contributed by atoms with Gasteiger partial charge in [0.15, 0.2) is 0 Å². The molecule has 0 saturated heterocycles. The highest BCUT2D eigenvalue weighted by Gasteiger charge is 2.29. The summed E-state index contributed by atoms with van der Waals surface area (Å²) in [6.07, 6.45) is 0.888. The van der Waals surface area contributed by atoms with E-state index in [0.29, 0.717) is 5.92 Å². The van der Waals surface area contributed by atoms with E-state index in [-0.39, 0.29) is 17.2 Å². The zero-order valence-electron chi connectivity index (χ0n) is 8.85. The van der Waals surface area contributed by atoms with Gasteiger partial charge in [0, 0.05) is 5.92 Å². The third-order valence-electron chi connectivity index (χ3n) is 2.10. The quantitative estimate of drug-likeness (QED) is 0.695. The molecule has 0 fully saturated rings. The van der Waals surface area contributed by atoms with E-state index in [4.69, 9.17) is 5.73 Å². The van der Waals surface area contributed by atoms with Gasteiger partial charge in [-0.15, -0.1) is 0 Å². The molecule has 2 N–H and O–H groups in total. The Morgan fingerprint density at radius 2 is 1.75 bits per heavy atom. The Labute approximate surface area is 75.5 Å². The smallest absolute Gasteiger partial charge is 0.221 e. The molecule has 1 atom stereocenters. The molecule has 1 amide bonds. The Balaban J connectivity index is 4.35. The molecule has 0 aromatic carbocycles. The average Bonchev–Trinajstić information content (AvgIpc) is 1.79. The van der Waals surface area contributed by atoms with Crippen LogP contribution in [0.1, 0.15) is 41.0 Å². The zero-order chi connectivity index (χ0) is 9.94. The predicted molar refractivity (Wildman–Crippen MR) is 51.6 cm³/mol. The monoisotopic (exact) mass is 171 g/mol. The topological polar surface area (TPSA) is 43.1 Å². The summed E-state index contributed by atoms with van der Waals surface area (Å²) in [7, 11) is 0. The largest absolute Gasteiger partial charge is 0.369 e. The lowest BCUT2D eigenvalue weighted by atomic mass is 9.76. The van der Waals surface area contributed by atoms with Crippen LogP contribution in [0.15, 0.2) is 0 Å². The predicted octanol–water partition coefficient (Wildman–Crippen LogP) is 2.18. The third-order valence-corrected chi connectivity index (χ3v) is 2.10. The van der Waals surface area contributed by atoms with Crippen molar-refractivity contribution in [2.24, 2.45) is 23.0 Å². The Morgan fingerprint density at radius 3 is 1.83 bits per heavy atom. The Morgan fingerprint density at radius 1 is 1.33 bits per heavy atom. The van der Waals surface area contributed by atoms with Gasteiger partial charge < -0.3 is 5.73 Å². The molecule has 2 nitrogen and oxygen atoms in total. The molecule has 0 aliphatic carbocycles. The van der Waals surface area contributed by atoms with E-state index in [1.54, 1.807) is 0 Å². The maximum Gasteiger partial charge on any atom is 0.221 e. The van der Waals surface area contributed by atoms with E-state index in [1.807, 2.05) is 0 Å². The number of hydrogen-bond acceptors (Lipinski definition) is 1. The molecule has 12 heavy (non-hydrogen) atoms. The van der Waals surface area contributed by atoms with E-state index in [9.17, 15) is 4.79 Å². The minimum absolute atomic E-state index is 0.00231. The van der Waals surface area contributed by atoms with Crippen LogP contribution in [0.3, 0.4) is 0 Å². The highest BCUT2D eigenvalue weighted by atomic mass is 16.1. The first-order valence-electron chi connectivity index (χ1n) is 4.54. The van der Waals surface area contributed by atoms with Crippen molar-refractivity contribution in [2.45, 2.75) is 41.0 Å². The first-order valence-corrected chi connectivity index (χ1v) is 4.54. The number of carbonyl (C=O) groups is 1. The summed E-state index contributed by atoms with van der Waals surface area (Å²) in [6.45, 7) is 10.4. The van der Waals surface area contributed by atoms with Crippen LogP contribution in [0.5, 0.6) is 0 Å². The van der Waals surface area contributed by atoms with Gasteiger partial charge in [-0.25, -0.2) is 0 Å². The van der Waals surface area contributed by atoms with Crippen LogP contribution in [0.2, 0.25) is 0 Å². The normalized spacial score (nSPS) is 14.8. The fraction of sp³-hybridized carbons (Fsp3) is 0.900. The lowest BCUT2D eigenvalue weighted by molar-refractivity contribution is -0.125. The van der Waals surface area contributed by atoms with Crippen molar-refractivity contribution in [3.8, 4) is 0 Å². The summed E-state index contributed by atoms with van der Waals surface area (Å²) < 4.78 is 0. The summed E-state index contributed by atoms with van der Waals surface area (Å²) in [5, 5.41) is 0. The molecule has 0 aromatic heterocycles. The minimum atomic E-state index is -0.170. The summed E-state index contributed by atoms with van der Waals surface area (Å²) >= 11 is 0. The van der Waals surface area contributed by atoms with Crippen molar-refractivity contribution in [3.05, 3.63) is 0 Å². The van der Waals surface area contributed by atoms with Crippen LogP contribution in [0.4, 0.5) is 0 Å². The second-order valence-corrected chi connectivity index (χ2v) is 4.95. The van der Waals surface area contributed by atoms with Crippen LogP contribution in [-0.2, 0) is 4.79 Å². The van der Waals surface area contributed by atoms with Crippen molar-refractivity contribution < 1.29 is 4.79 Å². The average molecular weight is 171 g/mol. The number of nitrogens with two attached hydrogens (primary N) is 1. The third kappa shape index (κ3) is 3.74. The maximum atomic E-state index is 11.1. The summed E-state index contributed by atoms with van der Waals surface area (Å²) in [4.78, 5) is 11.1. The molecule has 72 valence electrons. The van der Waals surface area contributed by atoms with Crippen molar-refractivity contribution >= 4 is 5.91 Å². The number of carbonyl (C=O) groups excluding carboxylic acids is 1. The maximum absolute atomic E-state index is 11.1. The molecule has 0 aromatic rings. The van der Waals surface area contributed by atoms with Crippen molar-refractivity contribution in [2.75, 3.05) is 0 Å². The molecule has 0 aliphatic heterocycles. The standard InChI is InChI=1S/C10H21NO/c1-7(2)6-8(9(11)12)10(3,4)5/h7-8H,6H2,1-5H3,(H2,11,12). The zero-order valence-corrected chi connectivity index (χ0v) is 8.85. The van der Waals surface area contributed by atoms with Gasteiger partial charge in [-0.3, -0.25) is 4.79 Å². The fourth-order valence-electron chi connectivity index (χ4n) is 1.37. The van der Waals surface area contributed by atoms with Gasteiger partial charge in [-0.2, -0.15) is 0 Å². The Kier molecular flexibility index (Phi) is 3.75. The number of amides is 1. The highest BCUT2D eigenvalue weighted by Crippen LogP contribution is 2.30. The summed E-state index contributed by atoms with van der Waals surface area (Å²) in [5.74, 6) is 0.357. The first kappa shape index (κ1) is 11.5. The van der Waals surface area contributed by atoms with Crippen LogP contribution >= 0.6 is 0 Å². The van der Waals surface area contributed by atoms with Gasteiger partial charge >= 0.3 is 0 Å². The number of primary amides is 1. The Hall–Kier alpha value is -0.530. The molecular formula is C10H21NO. The van der Waals surface area contributed by atoms with E-state index in [2.05, 4.69) is 34.6 Å². The van der Waals surface area contributed by atoms with Gasteiger partial charge in [-0.1, -0.05) is 34.6 Å². The lowest BCUT2D eigenvalue weighted by Gasteiger charge is -2.29. The van der Waals surface area contributed by atoms with Crippen LogP contribution in [0, 0.1) is 17.3 Å². The molecular weight excluding hydrogens is 150 g/mol. The molecule has 0 heterocycles. The second-order valence-electron chi connectivity index (χ2n) is 4.95. The number of hydrogen-bond donors (Lipinski definition) is 1. The molecule has 0 bridgehead atoms. The summed E-state index contributed by atoms with van der Waals surface area (Å²) in [5.41, 5.74) is 5.33. The Bertz CT molecular complexity index is 156. The summed E-state index contributed by atoms with van der Waals surface area (Å²) in [6, 6.07) is 0. The second kappa shape index (κ2) is 3.92. The van der Waals surface area contributed by atoms with Gasteiger partial charge in [0.2, 0.25) is 5.91 Å². The first-order chi connectivity index (χ1) is 5.25. The molecule has 0 saturated carbocycles. The molecule has 2 heteroatoms. The number of rotatable bonds is 3. The van der Waals surface area contributed by atoms with Crippen molar-refractivity contribution in [3.63, 3.8) is 0 Å². The molecule has 0 radical (unpaired) electrons. The molecule has 1 unspecified atom stereocenters. The SMILES string of the molecule is CC(C)CC(C(N)=O)C(C)(C)C. The van der Waals surface area contributed by atoms with Gasteiger partial charge in [-0.05, 0) is 17.8 Å². The van der Waals surface area contributed by atoms with Crippen molar-refractivity contribution in [1.82, 2.24) is 0 Å². The van der Waals surface area contributed by atoms with Crippen LogP contribution < -0.4 is 5.73 Å². The molecule has 0 rings (SSSR count). The van der Waals surface area contributed by atoms with Gasteiger partial charge in [0.25, 0.3) is 0 Å². The highest BCUT2D eigenvalue weighted by molar-refractivity contribution is 5.77. The van der Waals surface area contributed by atoms with Crippen molar-refractivity contribution in [1.29, 1.82) is 0 Å². The van der Waals surface area contributed by atoms with Gasteiger partial charge in [0.05, 0.1) is 0 Å². The molecule has 0 aliphatic rings. The van der Waals surface area contributed by atoms with Crippen LogP contribution in [-0.4, -0.2) is 5.91 Å². The minimum Gasteiger partial charge on any atom is -0.369 e. The van der Waals surface area contributed by atoms with E-state index in [1.165, 1.54) is 0 Å². The van der Waals surface area contributed by atoms with E-state index in [0.717, 1.165) is 6.42 Å². The lowest BCUT2D eigenvalue weighted by Crippen LogP contribution is -2.34. The fourth-order valence-corrected chi connectivity index (χ4v) is 1.37. The van der Waals surface area contributed by atoms with Crippen LogP contribution in [0.25, 0.3) is 0 Å². The van der Waals surface area contributed by atoms with E-state index < -0.39 is 0 Å².